The number of non-ortho nitro benzene ring substituents is 1. The maximum absolute atomic E-state index is 14.5. The summed E-state index contributed by atoms with van der Waals surface area (Å²) in [6.45, 7) is 5.42. The predicted octanol–water partition coefficient (Wildman–Crippen LogP) is 5.62. The molecular formula is C31H26N2O5. The predicted molar refractivity (Wildman–Crippen MR) is 143 cm³/mol. The van der Waals surface area contributed by atoms with E-state index in [2.05, 4.69) is 0 Å². The molecule has 4 atom stereocenters. The third-order valence-corrected chi connectivity index (χ3v) is 8.88. The van der Waals surface area contributed by atoms with Gasteiger partial charge in [-0.2, -0.15) is 0 Å². The number of hydrogen-bond donors (Lipinski definition) is 0. The molecule has 1 saturated carbocycles. The van der Waals surface area contributed by atoms with Crippen LogP contribution < -0.4 is 4.90 Å². The van der Waals surface area contributed by atoms with Crippen LogP contribution in [-0.2, 0) is 14.4 Å². The third-order valence-electron chi connectivity index (χ3n) is 8.88. The first-order valence-electron chi connectivity index (χ1n) is 12.7. The largest absolute Gasteiger partial charge is 0.298 e. The normalized spacial score (nSPS) is 27.9. The fourth-order valence-electron chi connectivity index (χ4n) is 7.32. The molecule has 3 aliphatic rings. The van der Waals surface area contributed by atoms with E-state index in [-0.39, 0.29) is 17.2 Å². The number of nitrogens with zero attached hydrogens (tertiary/aromatic N) is 2. The van der Waals surface area contributed by atoms with Crippen LogP contribution in [0.4, 0.5) is 11.4 Å². The van der Waals surface area contributed by atoms with Crippen LogP contribution in [0.2, 0.25) is 0 Å². The van der Waals surface area contributed by atoms with Crippen molar-refractivity contribution in [3.8, 4) is 0 Å². The van der Waals surface area contributed by atoms with Gasteiger partial charge in [-0.1, -0.05) is 73.7 Å². The summed E-state index contributed by atoms with van der Waals surface area (Å²) >= 11 is 0. The first kappa shape index (κ1) is 24.0. The van der Waals surface area contributed by atoms with Gasteiger partial charge in [0.25, 0.3) is 5.69 Å². The van der Waals surface area contributed by atoms with Crippen LogP contribution in [0.1, 0.15) is 37.0 Å². The van der Waals surface area contributed by atoms with E-state index in [4.69, 9.17) is 0 Å². The second-order valence-electron chi connectivity index (χ2n) is 10.5. The monoisotopic (exact) mass is 506 g/mol. The average molecular weight is 507 g/mol. The SMILES string of the molecule is CC[C@@]12C(=O)[C@@](C)(C(c3ccccc3)=C1c1ccccc1)[C@@H]1C(=O)N(c3cc([N+](=O)[O-])ccc3C)C(=O)[C@@H]12. The number of Topliss-reactive ketones (excluding diaryl/α,β-unsaturated/α-hetero) is 1. The summed E-state index contributed by atoms with van der Waals surface area (Å²) in [4.78, 5) is 55.0. The van der Waals surface area contributed by atoms with Crippen molar-refractivity contribution in [3.05, 3.63) is 106 Å². The quantitative estimate of drug-likeness (QED) is 0.254. The molecular weight excluding hydrogens is 480 g/mol. The highest BCUT2D eigenvalue weighted by molar-refractivity contribution is 6.34. The molecule has 38 heavy (non-hydrogen) atoms. The molecule has 0 aromatic heterocycles. The highest BCUT2D eigenvalue weighted by atomic mass is 16.6. The summed E-state index contributed by atoms with van der Waals surface area (Å²) in [5, 5.41) is 11.5. The molecule has 0 spiro atoms. The molecule has 6 rings (SSSR count). The zero-order valence-electron chi connectivity index (χ0n) is 21.3. The molecule has 7 heteroatoms. The number of anilines is 1. The molecule has 3 aromatic carbocycles. The van der Waals surface area contributed by atoms with Gasteiger partial charge in [-0.25, -0.2) is 4.90 Å². The van der Waals surface area contributed by atoms with E-state index in [9.17, 15) is 24.5 Å². The Balaban J connectivity index is 1.63. The molecule has 0 radical (unpaired) electrons. The van der Waals surface area contributed by atoms with Crippen LogP contribution in [0.15, 0.2) is 78.9 Å². The van der Waals surface area contributed by atoms with E-state index in [0.717, 1.165) is 27.2 Å². The lowest BCUT2D eigenvalue weighted by molar-refractivity contribution is -0.384. The van der Waals surface area contributed by atoms with Crippen LogP contribution in [0, 0.1) is 39.7 Å². The van der Waals surface area contributed by atoms with Gasteiger partial charge in [0.2, 0.25) is 11.8 Å². The lowest BCUT2D eigenvalue weighted by Gasteiger charge is -2.37. The number of aryl methyl sites for hydroxylation is 1. The number of nitro groups is 1. The minimum atomic E-state index is -1.23. The second-order valence-corrected chi connectivity index (χ2v) is 10.5. The second kappa shape index (κ2) is 8.05. The minimum absolute atomic E-state index is 0.0997. The van der Waals surface area contributed by atoms with Crippen molar-refractivity contribution < 1.29 is 19.3 Å². The summed E-state index contributed by atoms with van der Waals surface area (Å²) in [6.07, 6.45) is 0.351. The molecule has 0 N–H and O–H groups in total. The number of amides is 2. The van der Waals surface area contributed by atoms with Gasteiger partial charge in [0, 0.05) is 12.1 Å². The molecule has 1 aliphatic heterocycles. The molecule has 1 heterocycles. The van der Waals surface area contributed by atoms with E-state index in [1.54, 1.807) is 19.9 Å². The lowest BCUT2D eigenvalue weighted by Crippen LogP contribution is -2.41. The molecule has 2 aliphatic carbocycles. The molecule has 2 bridgehead atoms. The minimum Gasteiger partial charge on any atom is -0.298 e. The zero-order chi connectivity index (χ0) is 27.0. The van der Waals surface area contributed by atoms with Crippen LogP contribution in [0.5, 0.6) is 0 Å². The van der Waals surface area contributed by atoms with Crippen molar-refractivity contribution >= 4 is 40.1 Å². The standard InChI is InChI=1S/C31H26N2O5/c1-4-31-24(20-13-9-6-10-14-20)23(19-11-7-5-8-12-19)30(3,29(31)36)25-26(31)28(35)32(27(25)34)22-17-21(33(37)38)16-15-18(22)2/h5-17,25-26H,4H2,1-3H3/t25-,26+,30-,31+/m0/s1. The Kier molecular flexibility index (Phi) is 5.08. The maximum Gasteiger partial charge on any atom is 0.271 e. The van der Waals surface area contributed by atoms with Gasteiger partial charge < -0.3 is 0 Å². The van der Waals surface area contributed by atoms with Gasteiger partial charge in [0.15, 0.2) is 5.78 Å². The molecule has 190 valence electrons. The number of allylic oxidation sites excluding steroid dienone is 2. The molecule has 0 unspecified atom stereocenters. The van der Waals surface area contributed by atoms with E-state index in [1.165, 1.54) is 12.1 Å². The highest BCUT2D eigenvalue weighted by Gasteiger charge is 2.79. The molecule has 3 aromatic rings. The van der Waals surface area contributed by atoms with E-state index >= 15 is 0 Å². The van der Waals surface area contributed by atoms with E-state index < -0.39 is 39.4 Å². The summed E-state index contributed by atoms with van der Waals surface area (Å²) in [5.41, 5.74) is 1.45. The Morgan fingerprint density at radius 1 is 0.842 bits per heavy atom. The lowest BCUT2D eigenvalue weighted by atomic mass is 9.62. The van der Waals surface area contributed by atoms with Crippen LogP contribution in [-0.4, -0.2) is 22.5 Å². The van der Waals surface area contributed by atoms with Gasteiger partial charge in [-0.05, 0) is 48.1 Å². The number of fused-ring (bicyclic) bond motifs is 5. The maximum atomic E-state index is 14.5. The third kappa shape index (κ3) is 2.76. The average Bonchev–Trinajstić information content (AvgIpc) is 3.39. The Morgan fingerprint density at radius 2 is 1.39 bits per heavy atom. The summed E-state index contributed by atoms with van der Waals surface area (Å²) < 4.78 is 0. The summed E-state index contributed by atoms with van der Waals surface area (Å²) in [5.74, 6) is -2.83. The fraction of sp³-hybridized carbons (Fsp3) is 0.258. The van der Waals surface area contributed by atoms with Gasteiger partial charge in [-0.3, -0.25) is 24.5 Å². The van der Waals surface area contributed by atoms with Crippen molar-refractivity contribution in [1.82, 2.24) is 0 Å². The first-order chi connectivity index (χ1) is 18.2. The van der Waals surface area contributed by atoms with Gasteiger partial charge >= 0.3 is 0 Å². The summed E-state index contributed by atoms with van der Waals surface area (Å²) in [7, 11) is 0. The number of benzene rings is 3. The number of nitro benzene ring substituents is 1. The Labute approximate surface area is 219 Å². The number of carbonyl (C=O) groups excluding carboxylic acids is 3. The van der Waals surface area contributed by atoms with Crippen molar-refractivity contribution in [2.45, 2.75) is 27.2 Å². The first-order valence-corrected chi connectivity index (χ1v) is 12.7. The van der Waals surface area contributed by atoms with Crippen molar-refractivity contribution in [3.63, 3.8) is 0 Å². The Bertz CT molecular complexity index is 1580. The fourth-order valence-corrected chi connectivity index (χ4v) is 7.32. The van der Waals surface area contributed by atoms with Gasteiger partial charge in [-0.15, -0.1) is 0 Å². The smallest absolute Gasteiger partial charge is 0.271 e. The zero-order valence-corrected chi connectivity index (χ0v) is 21.3. The van der Waals surface area contributed by atoms with Gasteiger partial charge in [0.1, 0.15) is 0 Å². The molecule has 7 nitrogen and oxygen atoms in total. The van der Waals surface area contributed by atoms with Crippen molar-refractivity contribution in [2.75, 3.05) is 4.90 Å². The van der Waals surface area contributed by atoms with Gasteiger partial charge in [0.05, 0.1) is 33.3 Å². The topological polar surface area (TPSA) is 97.6 Å². The van der Waals surface area contributed by atoms with Crippen molar-refractivity contribution in [1.29, 1.82) is 0 Å². The Hall–Kier alpha value is -4.39. The molecule has 1 saturated heterocycles. The van der Waals surface area contributed by atoms with E-state index in [0.29, 0.717) is 12.0 Å². The van der Waals surface area contributed by atoms with Crippen LogP contribution >= 0.6 is 0 Å². The number of hydrogen-bond acceptors (Lipinski definition) is 5. The number of carbonyl (C=O) groups is 3. The number of imide groups is 1. The summed E-state index contributed by atoms with van der Waals surface area (Å²) in [6, 6.07) is 23.4. The van der Waals surface area contributed by atoms with Crippen molar-refractivity contribution in [2.24, 2.45) is 22.7 Å². The van der Waals surface area contributed by atoms with Crippen LogP contribution in [0.25, 0.3) is 11.1 Å². The molecule has 2 fully saturated rings. The Morgan fingerprint density at radius 3 is 1.95 bits per heavy atom. The number of ketones is 1. The van der Waals surface area contributed by atoms with Crippen LogP contribution in [0.3, 0.4) is 0 Å². The number of rotatable bonds is 5. The highest BCUT2D eigenvalue weighted by Crippen LogP contribution is 2.74. The van der Waals surface area contributed by atoms with E-state index in [1.807, 2.05) is 67.6 Å². The molecule has 2 amide bonds.